The molecule has 0 amide bonds. The lowest BCUT2D eigenvalue weighted by Crippen LogP contribution is -2.09. The largest absolute Gasteiger partial charge is 0.480 e. The van der Waals surface area contributed by atoms with Gasteiger partial charge in [-0.1, -0.05) is 19.3 Å². The van der Waals surface area contributed by atoms with Crippen molar-refractivity contribution in [3.63, 3.8) is 0 Å². The second kappa shape index (κ2) is 5.17. The monoisotopic (exact) mass is 245 g/mol. The van der Waals surface area contributed by atoms with Crippen LogP contribution in [0.1, 0.15) is 42.9 Å². The first kappa shape index (κ1) is 11.2. The first-order valence-corrected chi connectivity index (χ1v) is 6.67. The Hall–Kier alpha value is -0.280. The summed E-state index contributed by atoms with van der Waals surface area (Å²) >= 11 is 7.95. The van der Waals surface area contributed by atoms with E-state index in [4.69, 9.17) is 16.3 Å². The fraction of sp³-hybridized carbons (Fsp3) is 0.727. The number of rotatable bonds is 2. The zero-order chi connectivity index (χ0) is 10.7. The first-order valence-electron chi connectivity index (χ1n) is 5.46. The minimum atomic E-state index is 0.276. The fourth-order valence-electron chi connectivity index (χ4n) is 2.13. The summed E-state index contributed by atoms with van der Waals surface area (Å²) in [4.78, 5) is 1.29. The highest BCUT2D eigenvalue weighted by Gasteiger charge is 2.25. The van der Waals surface area contributed by atoms with E-state index < -0.39 is 0 Å². The molecule has 2 nitrogen and oxygen atoms in total. The smallest absolute Gasteiger partial charge is 0.225 e. The van der Waals surface area contributed by atoms with Gasteiger partial charge < -0.3 is 4.74 Å². The molecule has 1 fully saturated rings. The van der Waals surface area contributed by atoms with Gasteiger partial charge >= 0.3 is 0 Å². The van der Waals surface area contributed by atoms with E-state index in [9.17, 15) is 0 Å². The van der Waals surface area contributed by atoms with Crippen LogP contribution in [0.2, 0.25) is 0 Å². The van der Waals surface area contributed by atoms with Crippen LogP contribution in [-0.4, -0.2) is 16.9 Å². The van der Waals surface area contributed by atoms with Gasteiger partial charge in [-0.2, -0.15) is 4.37 Å². The third-order valence-electron chi connectivity index (χ3n) is 3.01. The van der Waals surface area contributed by atoms with E-state index in [0.717, 1.165) is 12.3 Å². The van der Waals surface area contributed by atoms with E-state index in [1.54, 1.807) is 7.11 Å². The summed E-state index contributed by atoms with van der Waals surface area (Å²) in [5.74, 6) is 1.21. The van der Waals surface area contributed by atoms with Crippen LogP contribution in [0.4, 0.5) is 0 Å². The van der Waals surface area contributed by atoms with Crippen molar-refractivity contribution in [3.8, 4) is 5.88 Å². The average Bonchev–Trinajstić information content (AvgIpc) is 2.62. The van der Waals surface area contributed by atoms with Crippen LogP contribution < -0.4 is 4.74 Å². The van der Waals surface area contributed by atoms with Crippen molar-refractivity contribution in [2.45, 2.75) is 43.4 Å². The number of halogens is 1. The third-order valence-corrected chi connectivity index (χ3v) is 4.44. The maximum absolute atomic E-state index is 6.41. The molecule has 0 bridgehead atoms. The number of alkyl halides is 1. The molecule has 1 aromatic heterocycles. The molecule has 0 radical (unpaired) electrons. The molecule has 1 aromatic rings. The number of methoxy groups -OCH3 is 1. The van der Waals surface area contributed by atoms with Crippen molar-refractivity contribution < 1.29 is 4.74 Å². The Morgan fingerprint density at radius 1 is 1.40 bits per heavy atom. The quantitative estimate of drug-likeness (QED) is 0.584. The molecule has 0 aliphatic heterocycles. The lowest BCUT2D eigenvalue weighted by Gasteiger charge is -2.16. The highest BCUT2D eigenvalue weighted by Crippen LogP contribution is 2.38. The third kappa shape index (κ3) is 2.64. The van der Waals surface area contributed by atoms with E-state index in [1.807, 2.05) is 6.07 Å². The standard InChI is InChI=1S/C11H16ClNOS/c1-14-11-7-10(15-13-11)8-5-3-2-4-6-9(8)12/h7-9H,2-6H2,1H3. The minimum absolute atomic E-state index is 0.276. The molecule has 84 valence electrons. The predicted octanol–water partition coefficient (Wildman–Crippen LogP) is 3.81. The molecule has 2 rings (SSSR count). The zero-order valence-electron chi connectivity index (χ0n) is 8.91. The molecule has 1 aliphatic rings. The summed E-state index contributed by atoms with van der Waals surface area (Å²) in [7, 11) is 1.66. The fourth-order valence-corrected chi connectivity index (χ4v) is 3.51. The second-order valence-electron chi connectivity index (χ2n) is 4.03. The normalized spacial score (nSPS) is 27.3. The van der Waals surface area contributed by atoms with Gasteiger partial charge in [-0.3, -0.25) is 0 Å². The van der Waals surface area contributed by atoms with Gasteiger partial charge in [0, 0.05) is 22.2 Å². The summed E-state index contributed by atoms with van der Waals surface area (Å²) in [6.45, 7) is 0. The molecule has 2 atom stereocenters. The van der Waals surface area contributed by atoms with Gasteiger partial charge in [0.05, 0.1) is 7.11 Å². The molecule has 0 spiro atoms. The van der Waals surface area contributed by atoms with Gasteiger partial charge in [0.1, 0.15) is 0 Å². The highest BCUT2D eigenvalue weighted by atomic mass is 35.5. The second-order valence-corrected chi connectivity index (χ2v) is 5.43. The van der Waals surface area contributed by atoms with Crippen LogP contribution in [0.5, 0.6) is 5.88 Å². The van der Waals surface area contributed by atoms with Gasteiger partial charge in [-0.15, -0.1) is 11.6 Å². The van der Waals surface area contributed by atoms with Crippen LogP contribution in [0.15, 0.2) is 6.07 Å². The molecule has 1 aliphatic carbocycles. The molecule has 4 heteroatoms. The van der Waals surface area contributed by atoms with Crippen molar-refractivity contribution >= 4 is 23.1 Å². The van der Waals surface area contributed by atoms with Gasteiger partial charge in [-0.25, -0.2) is 0 Å². The van der Waals surface area contributed by atoms with Crippen molar-refractivity contribution in [2.24, 2.45) is 0 Å². The Morgan fingerprint density at radius 2 is 2.20 bits per heavy atom. The molecule has 2 unspecified atom stereocenters. The predicted molar refractivity (Wildman–Crippen MR) is 64.1 cm³/mol. The molecule has 1 saturated carbocycles. The summed E-state index contributed by atoms with van der Waals surface area (Å²) < 4.78 is 9.34. The Bertz CT molecular complexity index is 315. The van der Waals surface area contributed by atoms with Crippen LogP contribution in [0, 0.1) is 0 Å². The molecular formula is C11H16ClNOS. The van der Waals surface area contributed by atoms with E-state index in [0.29, 0.717) is 5.92 Å². The van der Waals surface area contributed by atoms with E-state index in [-0.39, 0.29) is 5.38 Å². The van der Waals surface area contributed by atoms with Crippen molar-refractivity contribution in [1.29, 1.82) is 0 Å². The van der Waals surface area contributed by atoms with E-state index in [1.165, 1.54) is 42.1 Å². The molecule has 1 heterocycles. The number of nitrogens with zero attached hydrogens (tertiary/aromatic N) is 1. The average molecular weight is 246 g/mol. The van der Waals surface area contributed by atoms with Gasteiger partial charge in [0.2, 0.25) is 5.88 Å². The zero-order valence-corrected chi connectivity index (χ0v) is 10.5. The molecule has 0 aromatic carbocycles. The summed E-state index contributed by atoms with van der Waals surface area (Å²) in [5, 5.41) is 0.276. The lowest BCUT2D eigenvalue weighted by atomic mass is 9.98. The highest BCUT2D eigenvalue weighted by molar-refractivity contribution is 7.06. The Kier molecular flexibility index (Phi) is 3.87. The lowest BCUT2D eigenvalue weighted by molar-refractivity contribution is 0.402. The first-order chi connectivity index (χ1) is 7.31. The summed E-state index contributed by atoms with van der Waals surface area (Å²) in [6.07, 6.45) is 6.19. The Morgan fingerprint density at radius 3 is 2.93 bits per heavy atom. The van der Waals surface area contributed by atoms with E-state index in [2.05, 4.69) is 4.37 Å². The maximum Gasteiger partial charge on any atom is 0.225 e. The minimum Gasteiger partial charge on any atom is -0.480 e. The van der Waals surface area contributed by atoms with Crippen molar-refractivity contribution in [2.75, 3.05) is 7.11 Å². The SMILES string of the molecule is COc1cc(C2CCCCCC2Cl)sn1. The number of hydrogen-bond donors (Lipinski definition) is 0. The molecule has 0 saturated heterocycles. The van der Waals surface area contributed by atoms with Crippen LogP contribution >= 0.6 is 23.1 Å². The number of hydrogen-bond acceptors (Lipinski definition) is 3. The van der Waals surface area contributed by atoms with Gasteiger partial charge in [-0.05, 0) is 24.4 Å². The van der Waals surface area contributed by atoms with Crippen LogP contribution in [0.3, 0.4) is 0 Å². The Balaban J connectivity index is 2.12. The van der Waals surface area contributed by atoms with Crippen molar-refractivity contribution in [3.05, 3.63) is 10.9 Å². The Labute approximate surface area is 99.8 Å². The number of ether oxygens (including phenoxy) is 1. The molecular weight excluding hydrogens is 230 g/mol. The summed E-state index contributed by atoms with van der Waals surface area (Å²) in [5.41, 5.74) is 0. The number of aromatic nitrogens is 1. The van der Waals surface area contributed by atoms with Crippen molar-refractivity contribution in [1.82, 2.24) is 4.37 Å². The van der Waals surface area contributed by atoms with Gasteiger partial charge in [0.15, 0.2) is 0 Å². The maximum atomic E-state index is 6.41. The molecule has 0 N–H and O–H groups in total. The topological polar surface area (TPSA) is 22.1 Å². The van der Waals surface area contributed by atoms with E-state index >= 15 is 0 Å². The van der Waals surface area contributed by atoms with Crippen LogP contribution in [-0.2, 0) is 0 Å². The molecule has 15 heavy (non-hydrogen) atoms. The van der Waals surface area contributed by atoms with Crippen LogP contribution in [0.25, 0.3) is 0 Å². The summed E-state index contributed by atoms with van der Waals surface area (Å²) in [6, 6.07) is 2.04. The van der Waals surface area contributed by atoms with Gasteiger partial charge in [0.25, 0.3) is 0 Å².